The molecule has 4 rings (SSSR count). The zero-order valence-electron chi connectivity index (χ0n) is 17.4. The summed E-state index contributed by atoms with van der Waals surface area (Å²) in [5.41, 5.74) is 2.08. The summed E-state index contributed by atoms with van der Waals surface area (Å²) in [6, 6.07) is 20.6. The molecule has 32 heavy (non-hydrogen) atoms. The summed E-state index contributed by atoms with van der Waals surface area (Å²) >= 11 is 4.49. The molecule has 0 bridgehead atoms. The number of nitrogens with one attached hydrogen (secondary N) is 1. The molecular formula is C26H22I2N2O2. The Kier molecular flexibility index (Phi) is 7.68. The highest BCUT2D eigenvalue weighted by Crippen LogP contribution is 2.31. The van der Waals surface area contributed by atoms with Gasteiger partial charge in [-0.25, -0.2) is 0 Å². The van der Waals surface area contributed by atoms with Crippen LogP contribution in [0.1, 0.15) is 36.8 Å². The van der Waals surface area contributed by atoms with Gasteiger partial charge >= 0.3 is 0 Å². The van der Waals surface area contributed by atoms with E-state index in [4.69, 9.17) is 4.74 Å². The fourth-order valence-electron chi connectivity index (χ4n) is 4.02. The van der Waals surface area contributed by atoms with Crippen LogP contribution >= 0.6 is 45.2 Å². The molecule has 1 saturated carbocycles. The van der Waals surface area contributed by atoms with Crippen molar-refractivity contribution in [1.29, 1.82) is 5.26 Å². The molecule has 0 saturated heterocycles. The summed E-state index contributed by atoms with van der Waals surface area (Å²) in [5, 5.41) is 14.9. The second kappa shape index (κ2) is 10.7. The summed E-state index contributed by atoms with van der Waals surface area (Å²) in [5.74, 6) is 0.519. The van der Waals surface area contributed by atoms with Crippen LogP contribution in [-0.2, 0) is 11.4 Å². The first kappa shape index (κ1) is 23.1. The lowest BCUT2D eigenvalue weighted by Gasteiger charge is -2.13. The normalized spacial score (nSPS) is 14.3. The van der Waals surface area contributed by atoms with Crippen molar-refractivity contribution in [2.24, 2.45) is 0 Å². The first-order valence-electron chi connectivity index (χ1n) is 10.6. The number of benzene rings is 3. The zero-order chi connectivity index (χ0) is 22.5. The standard InChI is InChI=1S/C26H22I2N2O2/c27-23-13-17(12-20(15-29)26(31)30-21-9-2-3-10-21)14-24(28)25(23)32-16-19-8-5-7-18-6-1-4-11-22(18)19/h1,4-8,11-14,21H,2-3,9-10,16H2,(H,30,31)/b20-12-. The summed E-state index contributed by atoms with van der Waals surface area (Å²) in [4.78, 5) is 12.5. The van der Waals surface area contributed by atoms with Crippen molar-refractivity contribution in [2.45, 2.75) is 38.3 Å². The van der Waals surface area contributed by atoms with Crippen molar-refractivity contribution >= 4 is 67.9 Å². The van der Waals surface area contributed by atoms with Crippen molar-refractivity contribution in [3.8, 4) is 11.8 Å². The molecule has 0 aromatic heterocycles. The number of nitrogens with zero attached hydrogens (tertiary/aromatic N) is 1. The van der Waals surface area contributed by atoms with Gasteiger partial charge in [-0.1, -0.05) is 55.3 Å². The molecule has 162 valence electrons. The smallest absolute Gasteiger partial charge is 0.262 e. The van der Waals surface area contributed by atoms with E-state index < -0.39 is 0 Å². The molecule has 0 radical (unpaired) electrons. The number of hydrogen-bond donors (Lipinski definition) is 1. The number of halogens is 2. The molecule has 0 heterocycles. The summed E-state index contributed by atoms with van der Waals surface area (Å²) in [7, 11) is 0. The Morgan fingerprint density at radius 2 is 1.78 bits per heavy atom. The van der Waals surface area contributed by atoms with Gasteiger partial charge in [0, 0.05) is 6.04 Å². The quantitative estimate of drug-likeness (QED) is 0.187. The number of fused-ring (bicyclic) bond motifs is 1. The van der Waals surface area contributed by atoms with Gasteiger partial charge in [-0.2, -0.15) is 5.26 Å². The highest BCUT2D eigenvalue weighted by molar-refractivity contribution is 14.1. The van der Waals surface area contributed by atoms with Crippen LogP contribution in [0.2, 0.25) is 0 Å². The molecule has 4 nitrogen and oxygen atoms in total. The Morgan fingerprint density at radius 1 is 1.09 bits per heavy atom. The van der Waals surface area contributed by atoms with E-state index in [2.05, 4.69) is 80.8 Å². The number of hydrogen-bond acceptors (Lipinski definition) is 3. The highest BCUT2D eigenvalue weighted by atomic mass is 127. The second-order valence-corrected chi connectivity index (χ2v) is 10.2. The van der Waals surface area contributed by atoms with E-state index in [0.29, 0.717) is 6.61 Å². The van der Waals surface area contributed by atoms with Crippen molar-refractivity contribution < 1.29 is 9.53 Å². The van der Waals surface area contributed by atoms with Crippen LogP contribution in [-0.4, -0.2) is 11.9 Å². The molecule has 0 atom stereocenters. The van der Waals surface area contributed by atoms with Crippen LogP contribution < -0.4 is 10.1 Å². The van der Waals surface area contributed by atoms with Gasteiger partial charge in [0.15, 0.2) is 0 Å². The third kappa shape index (κ3) is 5.44. The molecule has 3 aromatic rings. The van der Waals surface area contributed by atoms with Crippen LogP contribution in [0, 0.1) is 18.5 Å². The average molecular weight is 648 g/mol. The number of rotatable bonds is 6. The largest absolute Gasteiger partial charge is 0.487 e. The Morgan fingerprint density at radius 3 is 2.50 bits per heavy atom. The van der Waals surface area contributed by atoms with E-state index in [9.17, 15) is 10.1 Å². The molecule has 0 aliphatic heterocycles. The van der Waals surface area contributed by atoms with Crippen LogP contribution in [0.3, 0.4) is 0 Å². The summed E-state index contributed by atoms with van der Waals surface area (Å²) in [6.45, 7) is 0.468. The van der Waals surface area contributed by atoms with E-state index in [1.807, 2.05) is 30.3 Å². The third-order valence-electron chi connectivity index (χ3n) is 5.64. The second-order valence-electron chi connectivity index (χ2n) is 7.87. The molecule has 1 aliphatic rings. The molecule has 1 amide bonds. The fraction of sp³-hybridized carbons (Fsp3) is 0.231. The lowest BCUT2D eigenvalue weighted by Crippen LogP contribution is -2.33. The van der Waals surface area contributed by atoms with Gasteiger partial charge in [-0.3, -0.25) is 4.79 Å². The minimum Gasteiger partial charge on any atom is -0.487 e. The van der Waals surface area contributed by atoms with E-state index in [1.54, 1.807) is 6.08 Å². The van der Waals surface area contributed by atoms with E-state index >= 15 is 0 Å². The van der Waals surface area contributed by atoms with Crippen molar-refractivity contribution in [3.63, 3.8) is 0 Å². The number of carbonyl (C=O) groups is 1. The maximum Gasteiger partial charge on any atom is 0.262 e. The molecule has 1 N–H and O–H groups in total. The van der Waals surface area contributed by atoms with Gasteiger partial charge in [-0.05, 0) is 98.1 Å². The van der Waals surface area contributed by atoms with Crippen LogP contribution in [0.4, 0.5) is 0 Å². The fourth-order valence-corrected chi connectivity index (χ4v) is 6.15. The zero-order valence-corrected chi connectivity index (χ0v) is 21.7. The highest BCUT2D eigenvalue weighted by Gasteiger charge is 2.19. The predicted octanol–water partition coefficient (Wildman–Crippen LogP) is 6.59. The van der Waals surface area contributed by atoms with Crippen molar-refractivity contribution in [1.82, 2.24) is 5.32 Å². The van der Waals surface area contributed by atoms with E-state index in [0.717, 1.165) is 49.7 Å². The average Bonchev–Trinajstić information content (AvgIpc) is 3.30. The molecule has 0 unspecified atom stereocenters. The van der Waals surface area contributed by atoms with Crippen LogP contribution in [0.5, 0.6) is 5.75 Å². The number of ether oxygens (including phenoxy) is 1. The minimum atomic E-state index is -0.291. The van der Waals surface area contributed by atoms with Gasteiger partial charge < -0.3 is 10.1 Å². The van der Waals surface area contributed by atoms with Gasteiger partial charge in [0.25, 0.3) is 5.91 Å². The van der Waals surface area contributed by atoms with Crippen LogP contribution in [0.15, 0.2) is 60.2 Å². The number of carbonyl (C=O) groups excluding carboxylic acids is 1. The maximum absolute atomic E-state index is 12.5. The lowest BCUT2D eigenvalue weighted by molar-refractivity contribution is -0.117. The lowest BCUT2D eigenvalue weighted by atomic mass is 10.1. The van der Waals surface area contributed by atoms with Gasteiger partial charge in [0.2, 0.25) is 0 Å². The Balaban J connectivity index is 1.51. The summed E-state index contributed by atoms with van der Waals surface area (Å²) < 4.78 is 8.08. The number of amides is 1. The van der Waals surface area contributed by atoms with Gasteiger partial charge in [0.1, 0.15) is 24.0 Å². The molecule has 0 spiro atoms. The van der Waals surface area contributed by atoms with E-state index in [1.165, 1.54) is 10.8 Å². The van der Waals surface area contributed by atoms with E-state index in [-0.39, 0.29) is 17.5 Å². The van der Waals surface area contributed by atoms with Crippen LogP contribution in [0.25, 0.3) is 16.8 Å². The van der Waals surface area contributed by atoms with Gasteiger partial charge in [-0.15, -0.1) is 0 Å². The predicted molar refractivity (Wildman–Crippen MR) is 144 cm³/mol. The van der Waals surface area contributed by atoms with Gasteiger partial charge in [0.05, 0.1) is 7.14 Å². The monoisotopic (exact) mass is 648 g/mol. The number of nitriles is 1. The Labute approximate surface area is 215 Å². The first-order valence-corrected chi connectivity index (χ1v) is 12.7. The molecule has 3 aromatic carbocycles. The van der Waals surface area contributed by atoms with Crippen molar-refractivity contribution in [3.05, 3.63) is 78.4 Å². The first-order chi connectivity index (χ1) is 15.5. The summed E-state index contributed by atoms with van der Waals surface area (Å²) in [6.07, 6.45) is 5.90. The Hall–Kier alpha value is -2.12. The third-order valence-corrected chi connectivity index (χ3v) is 7.24. The molecular weight excluding hydrogens is 626 g/mol. The topological polar surface area (TPSA) is 62.1 Å². The SMILES string of the molecule is N#C/C(=C/c1cc(I)c(OCc2cccc3ccccc23)c(I)c1)C(=O)NC1CCCC1. The molecule has 1 aliphatic carbocycles. The maximum atomic E-state index is 12.5. The molecule has 1 fully saturated rings. The Bertz CT molecular complexity index is 1200. The minimum absolute atomic E-state index is 0.132. The molecule has 6 heteroatoms. The van der Waals surface area contributed by atoms with Crippen molar-refractivity contribution in [2.75, 3.05) is 0 Å².